The Morgan fingerprint density at radius 3 is 3.00 bits per heavy atom. The lowest BCUT2D eigenvalue weighted by molar-refractivity contribution is 0.0779. The third-order valence-corrected chi connectivity index (χ3v) is 5.19. The average Bonchev–Trinajstić information content (AvgIpc) is 3.21. The van der Waals surface area contributed by atoms with Gasteiger partial charge in [0.1, 0.15) is 0 Å². The number of pyridine rings is 1. The Morgan fingerprint density at radius 1 is 1.43 bits per heavy atom. The number of hydrogen-bond acceptors (Lipinski definition) is 5. The highest BCUT2D eigenvalue weighted by molar-refractivity contribution is 5.97. The third-order valence-electron chi connectivity index (χ3n) is 5.19. The Labute approximate surface area is 140 Å². The Bertz CT molecular complexity index is 732. The van der Waals surface area contributed by atoms with Crippen LogP contribution in [-0.4, -0.2) is 40.1 Å². The van der Waals surface area contributed by atoms with Crippen molar-refractivity contribution in [2.45, 2.75) is 32.2 Å². The largest absolute Gasteiger partial charge is 0.338 e. The van der Waals surface area contributed by atoms with Gasteiger partial charge in [-0.15, -0.1) is 12.4 Å². The quantitative estimate of drug-likeness (QED) is 0.906. The molecule has 7 heteroatoms. The van der Waals surface area contributed by atoms with E-state index in [1.807, 2.05) is 17.9 Å². The summed E-state index contributed by atoms with van der Waals surface area (Å²) in [5.74, 6) is 1.07. The van der Waals surface area contributed by atoms with Gasteiger partial charge in [0.25, 0.3) is 11.6 Å². The van der Waals surface area contributed by atoms with Gasteiger partial charge in [0.15, 0.2) is 0 Å². The topological polar surface area (TPSA) is 85.2 Å². The highest BCUT2D eigenvalue weighted by atomic mass is 35.5. The summed E-state index contributed by atoms with van der Waals surface area (Å²) in [6.07, 6.45) is 4.57. The first kappa shape index (κ1) is 16.2. The fourth-order valence-electron chi connectivity index (χ4n) is 3.91. The molecular formula is C16H21ClN4O2. The van der Waals surface area contributed by atoms with Crippen LogP contribution in [-0.2, 0) is 6.42 Å². The first-order valence-corrected chi connectivity index (χ1v) is 7.96. The smallest absolute Gasteiger partial charge is 0.257 e. The molecule has 3 unspecified atom stereocenters. The highest BCUT2D eigenvalue weighted by Gasteiger charge is 2.42. The zero-order chi connectivity index (χ0) is 15.3. The van der Waals surface area contributed by atoms with Crippen LogP contribution in [0.4, 0.5) is 0 Å². The molecule has 4 rings (SSSR count). The maximum Gasteiger partial charge on any atom is 0.257 e. The van der Waals surface area contributed by atoms with Crippen molar-refractivity contribution in [1.82, 2.24) is 15.0 Å². The lowest BCUT2D eigenvalue weighted by Crippen LogP contribution is -2.33. The normalized spacial score (nSPS) is 26.3. The molecule has 0 radical (unpaired) electrons. The molecule has 1 saturated carbocycles. The predicted molar refractivity (Wildman–Crippen MR) is 88.5 cm³/mol. The summed E-state index contributed by atoms with van der Waals surface area (Å²) in [6, 6.07) is 2.10. The van der Waals surface area contributed by atoms with Gasteiger partial charge >= 0.3 is 0 Å². The molecule has 1 amide bonds. The molecule has 2 fully saturated rings. The van der Waals surface area contributed by atoms with Crippen LogP contribution < -0.4 is 5.73 Å². The molecule has 124 valence electrons. The van der Waals surface area contributed by atoms with E-state index >= 15 is 0 Å². The zero-order valence-electron chi connectivity index (χ0n) is 13.1. The number of amides is 1. The number of rotatable bonds is 2. The first-order chi connectivity index (χ1) is 10.7. The summed E-state index contributed by atoms with van der Waals surface area (Å²) < 4.78 is 5.17. The van der Waals surface area contributed by atoms with Gasteiger partial charge in [-0.25, -0.2) is 4.98 Å². The van der Waals surface area contributed by atoms with Crippen molar-refractivity contribution < 1.29 is 9.32 Å². The van der Waals surface area contributed by atoms with Crippen LogP contribution in [0.1, 0.15) is 35.8 Å². The minimum Gasteiger partial charge on any atom is -0.338 e. The van der Waals surface area contributed by atoms with Crippen LogP contribution >= 0.6 is 12.4 Å². The first-order valence-electron chi connectivity index (χ1n) is 7.96. The Morgan fingerprint density at radius 2 is 2.26 bits per heavy atom. The summed E-state index contributed by atoms with van der Waals surface area (Å²) in [5.41, 5.74) is 8.10. The highest BCUT2D eigenvalue weighted by Crippen LogP contribution is 2.37. The maximum atomic E-state index is 12.7. The number of hydrogen-bond donors (Lipinski definition) is 1. The number of halogens is 1. The van der Waals surface area contributed by atoms with Crippen LogP contribution in [0.5, 0.6) is 0 Å². The van der Waals surface area contributed by atoms with Crippen molar-refractivity contribution in [3.8, 4) is 0 Å². The van der Waals surface area contributed by atoms with E-state index in [1.54, 1.807) is 6.20 Å². The molecule has 1 aliphatic carbocycles. The van der Waals surface area contributed by atoms with E-state index in [2.05, 4.69) is 10.1 Å². The van der Waals surface area contributed by atoms with Gasteiger partial charge in [-0.3, -0.25) is 4.79 Å². The number of nitrogens with zero attached hydrogens (tertiary/aromatic N) is 3. The molecule has 2 aromatic heterocycles. The summed E-state index contributed by atoms with van der Waals surface area (Å²) in [6.45, 7) is 3.60. The van der Waals surface area contributed by atoms with Gasteiger partial charge in [0, 0.05) is 25.3 Å². The molecule has 23 heavy (non-hydrogen) atoms. The van der Waals surface area contributed by atoms with Crippen molar-refractivity contribution >= 4 is 29.4 Å². The number of carbonyl (C=O) groups excluding carboxylic acids is 1. The maximum absolute atomic E-state index is 12.7. The van der Waals surface area contributed by atoms with Crippen LogP contribution in [0, 0.1) is 11.8 Å². The van der Waals surface area contributed by atoms with Gasteiger partial charge in [-0.05, 0) is 37.2 Å². The van der Waals surface area contributed by atoms with E-state index < -0.39 is 0 Å². The van der Waals surface area contributed by atoms with Crippen molar-refractivity contribution in [1.29, 1.82) is 0 Å². The summed E-state index contributed by atoms with van der Waals surface area (Å²) >= 11 is 0. The monoisotopic (exact) mass is 336 g/mol. The zero-order valence-corrected chi connectivity index (χ0v) is 13.9. The van der Waals surface area contributed by atoms with Crippen molar-refractivity contribution in [3.05, 3.63) is 23.5 Å². The van der Waals surface area contributed by atoms with Gasteiger partial charge in [0.05, 0.1) is 16.6 Å². The van der Waals surface area contributed by atoms with E-state index in [1.165, 1.54) is 0 Å². The fraction of sp³-hybridized carbons (Fsp3) is 0.562. The molecule has 2 aromatic rings. The van der Waals surface area contributed by atoms with Crippen LogP contribution in [0.25, 0.3) is 11.1 Å². The van der Waals surface area contributed by atoms with Crippen molar-refractivity contribution in [3.63, 3.8) is 0 Å². The van der Waals surface area contributed by atoms with E-state index in [9.17, 15) is 4.79 Å². The summed E-state index contributed by atoms with van der Waals surface area (Å²) in [4.78, 5) is 18.9. The van der Waals surface area contributed by atoms with Crippen LogP contribution in [0.2, 0.25) is 0 Å². The molecule has 0 bridgehead atoms. The van der Waals surface area contributed by atoms with Gasteiger partial charge < -0.3 is 15.2 Å². The molecule has 0 aromatic carbocycles. The summed E-state index contributed by atoms with van der Waals surface area (Å²) in [5, 5.41) is 4.83. The van der Waals surface area contributed by atoms with Gasteiger partial charge in [-0.2, -0.15) is 0 Å². The van der Waals surface area contributed by atoms with Gasteiger partial charge in [0.2, 0.25) is 0 Å². The molecule has 6 nitrogen and oxygen atoms in total. The van der Waals surface area contributed by atoms with E-state index in [0.717, 1.165) is 43.4 Å². The molecular weight excluding hydrogens is 316 g/mol. The van der Waals surface area contributed by atoms with Crippen LogP contribution in [0.15, 0.2) is 16.8 Å². The predicted octanol–water partition coefficient (Wildman–Crippen LogP) is 2.02. The van der Waals surface area contributed by atoms with Crippen molar-refractivity contribution in [2.75, 3.05) is 13.1 Å². The van der Waals surface area contributed by atoms with E-state index in [-0.39, 0.29) is 24.4 Å². The van der Waals surface area contributed by atoms with Crippen LogP contribution in [0.3, 0.4) is 0 Å². The molecule has 1 saturated heterocycles. The Hall–Kier alpha value is -1.66. The Balaban J connectivity index is 0.00000156. The SMILES string of the molecule is CCc1noc2ncc(C(=O)N3CC4CCC(N)C4C3)cc12.Cl. The molecule has 3 heterocycles. The second-order valence-corrected chi connectivity index (χ2v) is 6.43. The summed E-state index contributed by atoms with van der Waals surface area (Å²) in [7, 11) is 0. The number of aromatic nitrogens is 2. The number of aryl methyl sites for hydroxylation is 1. The van der Waals surface area contributed by atoms with E-state index in [4.69, 9.17) is 10.3 Å². The standard InChI is InChI=1S/C16H20N4O2.ClH/c1-2-14-11-5-10(6-18-15(11)22-19-14)16(21)20-7-9-3-4-13(17)12(9)8-20;/h5-6,9,12-13H,2-4,7-8,17H2,1H3;1H. The molecule has 2 N–H and O–H groups in total. The molecule has 3 atom stereocenters. The molecule has 0 spiro atoms. The second-order valence-electron chi connectivity index (χ2n) is 6.43. The second kappa shape index (κ2) is 6.09. The lowest BCUT2D eigenvalue weighted by Gasteiger charge is -2.18. The minimum absolute atomic E-state index is 0. The minimum atomic E-state index is 0. The third kappa shape index (κ3) is 2.60. The average molecular weight is 337 g/mol. The number of fused-ring (bicyclic) bond motifs is 2. The number of nitrogens with two attached hydrogens (primary N) is 1. The number of carbonyl (C=O) groups is 1. The Kier molecular flexibility index (Phi) is 4.29. The fourth-order valence-corrected chi connectivity index (χ4v) is 3.91. The van der Waals surface area contributed by atoms with Gasteiger partial charge in [-0.1, -0.05) is 12.1 Å². The molecule has 2 aliphatic rings. The lowest BCUT2D eigenvalue weighted by atomic mass is 9.98. The number of likely N-dealkylation sites (tertiary alicyclic amines) is 1. The van der Waals surface area contributed by atoms with Crippen molar-refractivity contribution in [2.24, 2.45) is 17.6 Å². The molecule has 1 aliphatic heterocycles. The van der Waals surface area contributed by atoms with E-state index in [0.29, 0.717) is 23.1 Å².